The van der Waals surface area contributed by atoms with E-state index in [1.165, 1.54) is 6.08 Å². The molecule has 0 radical (unpaired) electrons. The Hall–Kier alpha value is -1.54. The van der Waals surface area contributed by atoms with Crippen LogP contribution in [-0.4, -0.2) is 11.1 Å². The number of hydrogen-bond donors (Lipinski definition) is 1. The van der Waals surface area contributed by atoms with Gasteiger partial charge in [0.05, 0.1) is 0 Å². The number of aliphatic carboxylic acids is 1. The molecule has 0 aliphatic heterocycles. The van der Waals surface area contributed by atoms with Crippen LogP contribution in [0.3, 0.4) is 0 Å². The number of allylic oxidation sites excluding steroid dienone is 2. The van der Waals surface area contributed by atoms with Crippen molar-refractivity contribution in [2.75, 3.05) is 0 Å². The lowest BCUT2D eigenvalue weighted by Crippen LogP contribution is -1.84. The average molecular weight is 209 g/mol. The van der Waals surface area contributed by atoms with Gasteiger partial charge in [-0.05, 0) is 17.7 Å². The zero-order chi connectivity index (χ0) is 10.4. The Morgan fingerprint density at radius 1 is 1.21 bits per heavy atom. The SMILES string of the molecule is O=C(O)C=CC=Cc1ccc(Cl)cc1. The lowest BCUT2D eigenvalue weighted by Gasteiger charge is -1.91. The molecule has 0 atom stereocenters. The molecule has 0 unspecified atom stereocenters. The van der Waals surface area contributed by atoms with E-state index < -0.39 is 5.97 Å². The fourth-order valence-corrected chi connectivity index (χ4v) is 1.00. The minimum atomic E-state index is -0.953. The summed E-state index contributed by atoms with van der Waals surface area (Å²) < 4.78 is 0. The highest BCUT2D eigenvalue weighted by Crippen LogP contribution is 2.10. The van der Waals surface area contributed by atoms with Crippen molar-refractivity contribution in [3.63, 3.8) is 0 Å². The highest BCUT2D eigenvalue weighted by Gasteiger charge is 1.86. The van der Waals surface area contributed by atoms with Gasteiger partial charge in [-0.25, -0.2) is 4.79 Å². The number of benzene rings is 1. The highest BCUT2D eigenvalue weighted by atomic mass is 35.5. The van der Waals surface area contributed by atoms with Gasteiger partial charge in [-0.1, -0.05) is 42.0 Å². The van der Waals surface area contributed by atoms with Crippen LogP contribution < -0.4 is 0 Å². The molecular formula is C11H9ClO2. The van der Waals surface area contributed by atoms with Crippen molar-refractivity contribution < 1.29 is 9.90 Å². The monoisotopic (exact) mass is 208 g/mol. The van der Waals surface area contributed by atoms with Gasteiger partial charge in [0.15, 0.2) is 0 Å². The zero-order valence-corrected chi connectivity index (χ0v) is 8.11. The Balaban J connectivity index is 2.60. The number of halogens is 1. The van der Waals surface area contributed by atoms with Crippen LogP contribution in [0.2, 0.25) is 5.02 Å². The Labute approximate surface area is 87.1 Å². The second-order valence-electron chi connectivity index (χ2n) is 2.61. The summed E-state index contributed by atoms with van der Waals surface area (Å²) >= 11 is 5.70. The number of rotatable bonds is 3. The summed E-state index contributed by atoms with van der Waals surface area (Å²) in [6, 6.07) is 7.27. The molecule has 0 aliphatic carbocycles. The van der Waals surface area contributed by atoms with Crippen LogP contribution in [-0.2, 0) is 4.79 Å². The quantitative estimate of drug-likeness (QED) is 0.613. The van der Waals surface area contributed by atoms with Crippen molar-refractivity contribution in [2.24, 2.45) is 0 Å². The van der Waals surface area contributed by atoms with Crippen LogP contribution in [0, 0.1) is 0 Å². The molecule has 72 valence electrons. The summed E-state index contributed by atoms with van der Waals surface area (Å²) in [5.41, 5.74) is 0.976. The molecule has 2 nitrogen and oxygen atoms in total. The smallest absolute Gasteiger partial charge is 0.328 e. The Morgan fingerprint density at radius 2 is 1.86 bits per heavy atom. The van der Waals surface area contributed by atoms with Crippen LogP contribution in [0.1, 0.15) is 5.56 Å². The molecule has 0 fully saturated rings. The fourth-order valence-electron chi connectivity index (χ4n) is 0.878. The van der Waals surface area contributed by atoms with Crippen LogP contribution in [0.25, 0.3) is 6.08 Å². The van der Waals surface area contributed by atoms with Gasteiger partial charge in [0.1, 0.15) is 0 Å². The predicted octanol–water partition coefficient (Wildman–Crippen LogP) is 2.99. The standard InChI is InChI=1S/C11H9ClO2/c12-10-7-5-9(6-8-10)3-1-2-4-11(13)14/h1-8H,(H,13,14). The van der Waals surface area contributed by atoms with E-state index in [4.69, 9.17) is 16.7 Å². The first-order valence-corrected chi connectivity index (χ1v) is 4.39. The maximum absolute atomic E-state index is 10.1. The normalized spacial score (nSPS) is 11.2. The van der Waals surface area contributed by atoms with E-state index in [0.717, 1.165) is 11.6 Å². The minimum absolute atomic E-state index is 0.684. The van der Waals surface area contributed by atoms with Crippen LogP contribution in [0.5, 0.6) is 0 Å². The molecule has 0 spiro atoms. The lowest BCUT2D eigenvalue weighted by molar-refractivity contribution is -0.131. The summed E-state index contributed by atoms with van der Waals surface area (Å²) in [5, 5.41) is 8.99. The number of carboxylic acid groups (broad SMARTS) is 1. The maximum Gasteiger partial charge on any atom is 0.328 e. The molecule has 0 amide bonds. The van der Waals surface area contributed by atoms with Gasteiger partial charge in [0.2, 0.25) is 0 Å². The van der Waals surface area contributed by atoms with Crippen LogP contribution >= 0.6 is 11.6 Å². The van der Waals surface area contributed by atoms with Gasteiger partial charge >= 0.3 is 5.97 Å². The third-order valence-corrected chi connectivity index (χ3v) is 1.76. The third-order valence-electron chi connectivity index (χ3n) is 1.51. The summed E-state index contributed by atoms with van der Waals surface area (Å²) in [4.78, 5) is 10.1. The van der Waals surface area contributed by atoms with Crippen molar-refractivity contribution >= 4 is 23.6 Å². The number of hydrogen-bond acceptors (Lipinski definition) is 1. The van der Waals surface area contributed by atoms with Crippen molar-refractivity contribution in [3.05, 3.63) is 53.1 Å². The molecular weight excluding hydrogens is 200 g/mol. The Kier molecular flexibility index (Phi) is 3.95. The molecule has 0 saturated heterocycles. The summed E-state index contributed by atoms with van der Waals surface area (Å²) in [7, 11) is 0. The van der Waals surface area contributed by atoms with Crippen molar-refractivity contribution in [1.82, 2.24) is 0 Å². The Bertz CT molecular complexity index is 363. The number of carbonyl (C=O) groups is 1. The molecule has 3 heteroatoms. The zero-order valence-electron chi connectivity index (χ0n) is 7.35. The Morgan fingerprint density at radius 3 is 2.43 bits per heavy atom. The largest absolute Gasteiger partial charge is 0.478 e. The summed E-state index contributed by atoms with van der Waals surface area (Å²) in [6.45, 7) is 0. The van der Waals surface area contributed by atoms with Gasteiger partial charge in [0, 0.05) is 11.1 Å². The summed E-state index contributed by atoms with van der Waals surface area (Å²) in [5.74, 6) is -0.953. The van der Waals surface area contributed by atoms with E-state index in [2.05, 4.69) is 0 Å². The molecule has 0 bridgehead atoms. The fraction of sp³-hybridized carbons (Fsp3) is 0. The molecule has 0 saturated carbocycles. The first-order valence-electron chi connectivity index (χ1n) is 4.02. The van der Waals surface area contributed by atoms with Crippen LogP contribution in [0.4, 0.5) is 0 Å². The average Bonchev–Trinajstić information content (AvgIpc) is 2.15. The second-order valence-corrected chi connectivity index (χ2v) is 3.04. The molecule has 0 heterocycles. The van der Waals surface area contributed by atoms with Gasteiger partial charge in [-0.15, -0.1) is 0 Å². The minimum Gasteiger partial charge on any atom is -0.478 e. The van der Waals surface area contributed by atoms with E-state index in [-0.39, 0.29) is 0 Å². The van der Waals surface area contributed by atoms with Gasteiger partial charge in [-0.2, -0.15) is 0 Å². The molecule has 1 rings (SSSR count). The van der Waals surface area contributed by atoms with Gasteiger partial charge in [0.25, 0.3) is 0 Å². The van der Waals surface area contributed by atoms with E-state index in [9.17, 15) is 4.79 Å². The molecule has 1 aromatic rings. The second kappa shape index (κ2) is 5.25. The highest BCUT2D eigenvalue weighted by molar-refractivity contribution is 6.30. The molecule has 1 aromatic carbocycles. The first-order chi connectivity index (χ1) is 6.68. The first kappa shape index (κ1) is 10.5. The van der Waals surface area contributed by atoms with E-state index in [1.54, 1.807) is 24.3 Å². The van der Waals surface area contributed by atoms with E-state index in [0.29, 0.717) is 5.02 Å². The van der Waals surface area contributed by atoms with Crippen molar-refractivity contribution in [1.29, 1.82) is 0 Å². The van der Waals surface area contributed by atoms with Gasteiger partial charge < -0.3 is 5.11 Å². The topological polar surface area (TPSA) is 37.3 Å². The third kappa shape index (κ3) is 3.92. The maximum atomic E-state index is 10.1. The number of carboxylic acids is 1. The summed E-state index contributed by atoms with van der Waals surface area (Å²) in [6.07, 6.45) is 6.01. The van der Waals surface area contributed by atoms with Gasteiger partial charge in [-0.3, -0.25) is 0 Å². The lowest BCUT2D eigenvalue weighted by atomic mass is 10.2. The van der Waals surface area contributed by atoms with Crippen molar-refractivity contribution in [3.8, 4) is 0 Å². The molecule has 0 aliphatic rings. The van der Waals surface area contributed by atoms with E-state index in [1.807, 2.05) is 12.1 Å². The molecule has 0 aromatic heterocycles. The van der Waals surface area contributed by atoms with E-state index >= 15 is 0 Å². The molecule has 1 N–H and O–H groups in total. The van der Waals surface area contributed by atoms with Crippen molar-refractivity contribution in [2.45, 2.75) is 0 Å². The molecule has 14 heavy (non-hydrogen) atoms. The predicted molar refractivity (Wildman–Crippen MR) is 57.3 cm³/mol. The van der Waals surface area contributed by atoms with Crippen LogP contribution in [0.15, 0.2) is 42.5 Å².